The quantitative estimate of drug-likeness (QED) is 0.603. The molecule has 14 heavy (non-hydrogen) atoms. The van der Waals surface area contributed by atoms with E-state index in [9.17, 15) is 13.6 Å². The summed E-state index contributed by atoms with van der Waals surface area (Å²) in [4.78, 5) is 11.3. The summed E-state index contributed by atoms with van der Waals surface area (Å²) < 4.78 is 26.1. The number of rotatable bonds is 3. The lowest BCUT2D eigenvalue weighted by Crippen LogP contribution is -2.14. The molecule has 1 aromatic rings. The summed E-state index contributed by atoms with van der Waals surface area (Å²) in [5.74, 6) is -3.31. The van der Waals surface area contributed by atoms with E-state index >= 15 is 0 Å². The number of benzene rings is 1. The minimum atomic E-state index is -2.98. The lowest BCUT2D eigenvalue weighted by molar-refractivity contribution is 0.0165. The van der Waals surface area contributed by atoms with Gasteiger partial charge in [-0.25, -0.2) is 8.78 Å². The number of carbonyl (C=O) groups excluding carboxylic acids is 1. The second-order valence-corrected chi connectivity index (χ2v) is 3.55. The van der Waals surface area contributed by atoms with Crippen LogP contribution < -0.4 is 0 Å². The normalized spacial score (nSPS) is 11.4. The summed E-state index contributed by atoms with van der Waals surface area (Å²) in [5.41, 5.74) is -0.138. The Morgan fingerprint density at radius 2 is 2.00 bits per heavy atom. The molecule has 1 aromatic carbocycles. The van der Waals surface area contributed by atoms with Crippen molar-refractivity contribution in [2.24, 2.45) is 0 Å². The Bertz CT molecular complexity index is 344. The molecule has 76 valence electrons. The second-order valence-electron chi connectivity index (χ2n) is 2.99. The van der Waals surface area contributed by atoms with Crippen LogP contribution in [0.2, 0.25) is 0 Å². The van der Waals surface area contributed by atoms with Gasteiger partial charge >= 0.3 is 0 Å². The summed E-state index contributed by atoms with van der Waals surface area (Å²) in [6.07, 6.45) is 0. The van der Waals surface area contributed by atoms with Gasteiger partial charge in [0.25, 0.3) is 5.92 Å². The van der Waals surface area contributed by atoms with E-state index < -0.39 is 5.92 Å². The van der Waals surface area contributed by atoms with Gasteiger partial charge in [0.15, 0.2) is 5.78 Å². The highest BCUT2D eigenvalue weighted by molar-refractivity contribution is 9.09. The van der Waals surface area contributed by atoms with E-state index in [0.29, 0.717) is 0 Å². The van der Waals surface area contributed by atoms with Crippen LogP contribution in [0.15, 0.2) is 24.3 Å². The van der Waals surface area contributed by atoms with Crippen LogP contribution in [-0.4, -0.2) is 11.1 Å². The number of Topliss-reactive ketones (excluding diaryl/α,β-unsaturated/α-hetero) is 1. The highest BCUT2D eigenvalue weighted by atomic mass is 79.9. The molecular formula is C10H9BrF2O. The maximum absolute atomic E-state index is 13.0. The summed E-state index contributed by atoms with van der Waals surface area (Å²) in [6.45, 7) is 0.785. The van der Waals surface area contributed by atoms with E-state index in [1.807, 2.05) is 0 Å². The summed E-state index contributed by atoms with van der Waals surface area (Å²) in [6, 6.07) is 5.76. The van der Waals surface area contributed by atoms with E-state index in [1.54, 1.807) is 6.07 Å². The topological polar surface area (TPSA) is 17.1 Å². The third-order valence-corrected chi connectivity index (χ3v) is 2.33. The molecule has 0 aliphatic carbocycles. The first-order valence-electron chi connectivity index (χ1n) is 4.03. The van der Waals surface area contributed by atoms with Crippen molar-refractivity contribution in [3.8, 4) is 0 Å². The zero-order valence-electron chi connectivity index (χ0n) is 7.56. The van der Waals surface area contributed by atoms with Gasteiger partial charge in [0.05, 0.1) is 5.33 Å². The molecule has 1 nitrogen and oxygen atoms in total. The maximum atomic E-state index is 13.0. The fraction of sp³-hybridized carbons (Fsp3) is 0.300. The Kier molecular flexibility index (Phi) is 3.37. The Labute approximate surface area is 89.3 Å². The molecule has 0 saturated carbocycles. The Morgan fingerprint density at radius 1 is 1.43 bits per heavy atom. The fourth-order valence-electron chi connectivity index (χ4n) is 1.18. The van der Waals surface area contributed by atoms with Crippen LogP contribution in [0.5, 0.6) is 0 Å². The average Bonchev–Trinajstić information content (AvgIpc) is 2.15. The first-order chi connectivity index (χ1) is 6.46. The molecule has 0 aromatic heterocycles. The van der Waals surface area contributed by atoms with Crippen molar-refractivity contribution in [1.82, 2.24) is 0 Å². The first-order valence-corrected chi connectivity index (χ1v) is 5.15. The molecule has 0 N–H and O–H groups in total. The van der Waals surface area contributed by atoms with Crippen LogP contribution in [0.4, 0.5) is 8.78 Å². The van der Waals surface area contributed by atoms with Crippen LogP contribution in [-0.2, 0) is 5.92 Å². The zero-order valence-corrected chi connectivity index (χ0v) is 9.14. The van der Waals surface area contributed by atoms with E-state index in [-0.39, 0.29) is 22.2 Å². The minimum Gasteiger partial charge on any atom is -0.293 e. The van der Waals surface area contributed by atoms with Crippen molar-refractivity contribution in [2.45, 2.75) is 12.8 Å². The van der Waals surface area contributed by atoms with Crippen LogP contribution >= 0.6 is 15.9 Å². The van der Waals surface area contributed by atoms with Crippen LogP contribution in [0, 0.1) is 0 Å². The van der Waals surface area contributed by atoms with Gasteiger partial charge < -0.3 is 0 Å². The minimum absolute atomic E-state index is 0.0556. The SMILES string of the molecule is CC(F)(F)c1ccccc1C(=O)CBr. The molecule has 0 aliphatic heterocycles. The summed E-state index contributed by atoms with van der Waals surface area (Å²) >= 11 is 2.96. The molecule has 0 fully saturated rings. The van der Waals surface area contributed by atoms with Gasteiger partial charge in [-0.15, -0.1) is 0 Å². The highest BCUT2D eigenvalue weighted by Crippen LogP contribution is 2.30. The fourth-order valence-corrected chi connectivity index (χ4v) is 1.48. The van der Waals surface area contributed by atoms with E-state index in [1.165, 1.54) is 18.2 Å². The molecule has 0 unspecified atom stereocenters. The van der Waals surface area contributed by atoms with Crippen molar-refractivity contribution < 1.29 is 13.6 Å². The van der Waals surface area contributed by atoms with Gasteiger partial charge in [0.2, 0.25) is 0 Å². The van der Waals surface area contributed by atoms with Gasteiger partial charge in [-0.3, -0.25) is 4.79 Å². The van der Waals surface area contributed by atoms with Gasteiger partial charge in [0.1, 0.15) is 0 Å². The van der Waals surface area contributed by atoms with Crippen molar-refractivity contribution >= 4 is 21.7 Å². The zero-order chi connectivity index (χ0) is 10.8. The van der Waals surface area contributed by atoms with E-state index in [0.717, 1.165) is 6.92 Å². The number of hydrogen-bond acceptors (Lipinski definition) is 1. The first kappa shape index (κ1) is 11.3. The number of alkyl halides is 3. The largest absolute Gasteiger partial charge is 0.293 e. The maximum Gasteiger partial charge on any atom is 0.271 e. The van der Waals surface area contributed by atoms with Crippen molar-refractivity contribution in [1.29, 1.82) is 0 Å². The van der Waals surface area contributed by atoms with E-state index in [4.69, 9.17) is 0 Å². The second kappa shape index (κ2) is 4.17. The molecular weight excluding hydrogens is 254 g/mol. The molecule has 0 amide bonds. The van der Waals surface area contributed by atoms with Crippen LogP contribution in [0.3, 0.4) is 0 Å². The molecule has 0 heterocycles. The third kappa shape index (κ3) is 2.38. The van der Waals surface area contributed by atoms with Crippen LogP contribution in [0.25, 0.3) is 0 Å². The summed E-state index contributed by atoms with van der Waals surface area (Å²) in [5, 5.41) is 0.0556. The summed E-state index contributed by atoms with van der Waals surface area (Å²) in [7, 11) is 0. The van der Waals surface area contributed by atoms with Gasteiger partial charge in [-0.1, -0.05) is 40.2 Å². The molecule has 0 bridgehead atoms. The van der Waals surface area contributed by atoms with Gasteiger partial charge in [-0.05, 0) is 0 Å². The molecule has 0 radical (unpaired) electrons. The Morgan fingerprint density at radius 3 is 2.50 bits per heavy atom. The van der Waals surface area contributed by atoms with Crippen molar-refractivity contribution in [2.75, 3.05) is 5.33 Å². The molecule has 0 saturated heterocycles. The number of hydrogen-bond donors (Lipinski definition) is 0. The lowest BCUT2D eigenvalue weighted by atomic mass is 10.0. The number of carbonyl (C=O) groups is 1. The standard InChI is InChI=1S/C10H9BrF2O/c1-10(12,13)8-5-3-2-4-7(8)9(14)6-11/h2-5H,6H2,1H3. The monoisotopic (exact) mass is 262 g/mol. The third-order valence-electron chi connectivity index (χ3n) is 1.82. The Hall–Kier alpha value is -0.770. The molecule has 0 spiro atoms. The number of ketones is 1. The smallest absolute Gasteiger partial charge is 0.271 e. The lowest BCUT2D eigenvalue weighted by Gasteiger charge is -2.13. The molecule has 4 heteroatoms. The molecule has 0 aliphatic rings. The number of halogens is 3. The Balaban J connectivity index is 3.23. The predicted octanol–water partition coefficient (Wildman–Crippen LogP) is 3.38. The van der Waals surface area contributed by atoms with Crippen molar-refractivity contribution in [3.05, 3.63) is 35.4 Å². The highest BCUT2D eigenvalue weighted by Gasteiger charge is 2.28. The molecule has 0 atom stereocenters. The van der Waals surface area contributed by atoms with Gasteiger partial charge in [0, 0.05) is 18.1 Å². The average molecular weight is 263 g/mol. The van der Waals surface area contributed by atoms with Gasteiger partial charge in [-0.2, -0.15) is 0 Å². The van der Waals surface area contributed by atoms with Crippen molar-refractivity contribution in [3.63, 3.8) is 0 Å². The molecule has 1 rings (SSSR count). The predicted molar refractivity (Wildman–Crippen MR) is 54.1 cm³/mol. The van der Waals surface area contributed by atoms with Crippen LogP contribution in [0.1, 0.15) is 22.8 Å². The van der Waals surface area contributed by atoms with E-state index in [2.05, 4.69) is 15.9 Å².